The largest absolute Gasteiger partial charge is 0.396 e. The average molecular weight is 230 g/mol. The molecule has 0 amide bonds. The molecule has 0 radical (unpaired) electrons. The Bertz CT molecular complexity index is 307. The number of halogens is 1. The summed E-state index contributed by atoms with van der Waals surface area (Å²) >= 11 is 5.84. The summed E-state index contributed by atoms with van der Waals surface area (Å²) in [7, 11) is 0. The molecule has 1 aromatic rings. The minimum absolute atomic E-state index is 0.229. The van der Waals surface area contributed by atoms with Gasteiger partial charge in [-0.15, -0.1) is 0 Å². The van der Waals surface area contributed by atoms with Crippen molar-refractivity contribution in [3.8, 4) is 0 Å². The Morgan fingerprint density at radius 3 is 2.87 bits per heavy atom. The van der Waals surface area contributed by atoms with E-state index in [0.29, 0.717) is 5.15 Å². The number of unbranched alkanes of at least 4 members (excludes halogenated alkanes) is 1. The minimum Gasteiger partial charge on any atom is -0.396 e. The predicted octanol–water partition coefficient (Wildman–Crippen LogP) is 1.88. The summed E-state index contributed by atoms with van der Waals surface area (Å²) in [5, 5.41) is 12.2. The van der Waals surface area contributed by atoms with Gasteiger partial charge < -0.3 is 10.4 Å². The number of hydrogen-bond donors (Lipinski definition) is 2. The van der Waals surface area contributed by atoms with Crippen molar-refractivity contribution in [2.75, 3.05) is 18.5 Å². The Morgan fingerprint density at radius 1 is 1.40 bits per heavy atom. The van der Waals surface area contributed by atoms with E-state index in [2.05, 4.69) is 15.3 Å². The SMILES string of the molecule is CCc1nc(Cl)cc(NCCCCO)n1. The molecule has 1 aromatic heterocycles. The van der Waals surface area contributed by atoms with Gasteiger partial charge in [-0.25, -0.2) is 9.97 Å². The van der Waals surface area contributed by atoms with E-state index in [1.54, 1.807) is 6.07 Å². The van der Waals surface area contributed by atoms with Crippen molar-refractivity contribution >= 4 is 17.4 Å². The van der Waals surface area contributed by atoms with E-state index in [-0.39, 0.29) is 6.61 Å². The molecule has 0 aliphatic carbocycles. The predicted molar refractivity (Wildman–Crippen MR) is 61.2 cm³/mol. The van der Waals surface area contributed by atoms with Crippen molar-refractivity contribution in [2.45, 2.75) is 26.2 Å². The molecule has 0 bridgehead atoms. The first-order valence-electron chi connectivity index (χ1n) is 5.14. The van der Waals surface area contributed by atoms with Gasteiger partial charge in [0.2, 0.25) is 0 Å². The van der Waals surface area contributed by atoms with Crippen LogP contribution in [0.25, 0.3) is 0 Å². The second-order valence-corrected chi connectivity index (χ2v) is 3.59. The molecule has 0 aliphatic heterocycles. The number of nitrogens with zero attached hydrogens (tertiary/aromatic N) is 2. The molecule has 0 saturated heterocycles. The van der Waals surface area contributed by atoms with E-state index in [1.165, 1.54) is 0 Å². The first-order valence-corrected chi connectivity index (χ1v) is 5.52. The van der Waals surface area contributed by atoms with Crippen LogP contribution in [0.3, 0.4) is 0 Å². The van der Waals surface area contributed by atoms with E-state index in [1.807, 2.05) is 6.92 Å². The molecular formula is C10H16ClN3O. The number of aromatic nitrogens is 2. The molecule has 15 heavy (non-hydrogen) atoms. The first-order chi connectivity index (χ1) is 7.26. The number of rotatable bonds is 6. The molecule has 0 unspecified atom stereocenters. The number of aliphatic hydroxyl groups is 1. The van der Waals surface area contributed by atoms with E-state index in [4.69, 9.17) is 16.7 Å². The number of nitrogens with one attached hydrogen (secondary N) is 1. The molecule has 2 N–H and O–H groups in total. The third kappa shape index (κ3) is 4.44. The maximum absolute atomic E-state index is 8.62. The van der Waals surface area contributed by atoms with E-state index >= 15 is 0 Å². The van der Waals surface area contributed by atoms with Crippen LogP contribution >= 0.6 is 11.6 Å². The van der Waals surface area contributed by atoms with Gasteiger partial charge in [0.05, 0.1) is 0 Å². The van der Waals surface area contributed by atoms with Crippen LogP contribution in [-0.4, -0.2) is 28.2 Å². The fraction of sp³-hybridized carbons (Fsp3) is 0.600. The Balaban J connectivity index is 2.49. The van der Waals surface area contributed by atoms with Gasteiger partial charge in [-0.2, -0.15) is 0 Å². The molecule has 0 atom stereocenters. The fourth-order valence-electron chi connectivity index (χ4n) is 1.17. The number of aryl methyl sites for hydroxylation is 1. The fourth-order valence-corrected chi connectivity index (χ4v) is 1.37. The van der Waals surface area contributed by atoms with Crippen molar-refractivity contribution < 1.29 is 5.11 Å². The lowest BCUT2D eigenvalue weighted by atomic mass is 10.3. The highest BCUT2D eigenvalue weighted by Gasteiger charge is 2.00. The van der Waals surface area contributed by atoms with Crippen molar-refractivity contribution in [3.63, 3.8) is 0 Å². The summed E-state index contributed by atoms with van der Waals surface area (Å²) in [5.74, 6) is 1.50. The molecule has 1 rings (SSSR count). The second-order valence-electron chi connectivity index (χ2n) is 3.20. The van der Waals surface area contributed by atoms with Crippen molar-refractivity contribution in [1.29, 1.82) is 0 Å². The lowest BCUT2D eigenvalue weighted by molar-refractivity contribution is 0.286. The third-order valence-electron chi connectivity index (χ3n) is 1.95. The number of hydrogen-bond acceptors (Lipinski definition) is 4. The average Bonchev–Trinajstić information content (AvgIpc) is 2.23. The molecule has 0 aromatic carbocycles. The van der Waals surface area contributed by atoms with Crippen LogP contribution in [0.5, 0.6) is 0 Å². The third-order valence-corrected chi connectivity index (χ3v) is 2.14. The van der Waals surface area contributed by atoms with Crippen molar-refractivity contribution in [1.82, 2.24) is 9.97 Å². The van der Waals surface area contributed by atoms with Crippen molar-refractivity contribution in [2.24, 2.45) is 0 Å². The van der Waals surface area contributed by atoms with E-state index < -0.39 is 0 Å². The quantitative estimate of drug-likeness (QED) is 0.578. The van der Waals surface area contributed by atoms with Gasteiger partial charge in [-0.1, -0.05) is 18.5 Å². The maximum atomic E-state index is 8.62. The smallest absolute Gasteiger partial charge is 0.134 e. The maximum Gasteiger partial charge on any atom is 0.134 e. The normalized spacial score (nSPS) is 10.3. The monoisotopic (exact) mass is 229 g/mol. The Kier molecular flexibility index (Phi) is 5.36. The zero-order valence-corrected chi connectivity index (χ0v) is 9.59. The van der Waals surface area contributed by atoms with Gasteiger partial charge in [0.1, 0.15) is 16.8 Å². The lowest BCUT2D eigenvalue weighted by Crippen LogP contribution is -2.06. The van der Waals surface area contributed by atoms with E-state index in [9.17, 15) is 0 Å². The second kappa shape index (κ2) is 6.58. The van der Waals surface area contributed by atoms with Gasteiger partial charge in [0, 0.05) is 25.6 Å². The molecule has 5 heteroatoms. The Labute approximate surface area is 94.7 Å². The first kappa shape index (κ1) is 12.2. The van der Waals surface area contributed by atoms with Crippen LogP contribution in [0.4, 0.5) is 5.82 Å². The van der Waals surface area contributed by atoms with Gasteiger partial charge in [-0.3, -0.25) is 0 Å². The standard InChI is InChI=1S/C10H16ClN3O/c1-2-9-13-8(11)7-10(14-9)12-5-3-4-6-15/h7,15H,2-6H2,1H3,(H,12,13,14). The zero-order valence-electron chi connectivity index (χ0n) is 8.83. The minimum atomic E-state index is 0.229. The molecule has 0 fully saturated rings. The molecule has 4 nitrogen and oxygen atoms in total. The van der Waals surface area contributed by atoms with Gasteiger partial charge in [0.15, 0.2) is 0 Å². The summed E-state index contributed by atoms with van der Waals surface area (Å²) in [6.07, 6.45) is 2.48. The van der Waals surface area contributed by atoms with Crippen molar-refractivity contribution in [3.05, 3.63) is 17.0 Å². The Morgan fingerprint density at radius 2 is 2.20 bits per heavy atom. The molecular weight excluding hydrogens is 214 g/mol. The van der Waals surface area contributed by atoms with E-state index in [0.717, 1.165) is 37.4 Å². The van der Waals surface area contributed by atoms with Gasteiger partial charge in [0.25, 0.3) is 0 Å². The van der Waals surface area contributed by atoms with Gasteiger partial charge >= 0.3 is 0 Å². The molecule has 0 spiro atoms. The highest BCUT2D eigenvalue weighted by Crippen LogP contribution is 2.11. The summed E-state index contributed by atoms with van der Waals surface area (Å²) < 4.78 is 0. The highest BCUT2D eigenvalue weighted by atomic mass is 35.5. The van der Waals surface area contributed by atoms with Crippen LogP contribution in [0, 0.1) is 0 Å². The van der Waals surface area contributed by atoms with Crippen LogP contribution in [0.15, 0.2) is 6.07 Å². The van der Waals surface area contributed by atoms with Crippen LogP contribution in [0.2, 0.25) is 5.15 Å². The lowest BCUT2D eigenvalue weighted by Gasteiger charge is -2.06. The summed E-state index contributed by atoms with van der Waals surface area (Å²) in [6, 6.07) is 1.71. The summed E-state index contributed by atoms with van der Waals surface area (Å²) in [4.78, 5) is 8.35. The van der Waals surface area contributed by atoms with Crippen LogP contribution in [-0.2, 0) is 6.42 Å². The molecule has 0 aliphatic rings. The highest BCUT2D eigenvalue weighted by molar-refractivity contribution is 6.29. The number of aliphatic hydroxyl groups excluding tert-OH is 1. The summed E-state index contributed by atoms with van der Waals surface area (Å²) in [5.41, 5.74) is 0. The molecule has 1 heterocycles. The van der Waals surface area contributed by atoms with Crippen LogP contribution in [0.1, 0.15) is 25.6 Å². The van der Waals surface area contributed by atoms with Crippen LogP contribution < -0.4 is 5.32 Å². The summed E-state index contributed by atoms with van der Waals surface area (Å²) in [6.45, 7) is 3.00. The Hall–Kier alpha value is -0.870. The topological polar surface area (TPSA) is 58.0 Å². The van der Waals surface area contributed by atoms with Gasteiger partial charge in [-0.05, 0) is 12.8 Å². The molecule has 0 saturated carbocycles. The number of anilines is 1. The zero-order chi connectivity index (χ0) is 11.1. The molecule has 84 valence electrons.